The van der Waals surface area contributed by atoms with Gasteiger partial charge in [0.05, 0.1) is 0 Å². The van der Waals surface area contributed by atoms with Gasteiger partial charge in [0.15, 0.2) is 5.78 Å². The molecular weight excluding hydrogens is 423 g/mol. The second kappa shape index (κ2) is 8.29. The van der Waals surface area contributed by atoms with Crippen LogP contribution in [0.15, 0.2) is 54.9 Å². The van der Waals surface area contributed by atoms with Crippen LogP contribution in [0.2, 0.25) is 0 Å². The summed E-state index contributed by atoms with van der Waals surface area (Å²) in [7, 11) is 0. The van der Waals surface area contributed by atoms with Gasteiger partial charge in [0.1, 0.15) is 11.6 Å². The average molecular weight is 446 g/mol. The molecule has 0 saturated heterocycles. The van der Waals surface area contributed by atoms with Crippen molar-refractivity contribution in [3.05, 3.63) is 88.9 Å². The summed E-state index contributed by atoms with van der Waals surface area (Å²) in [5.41, 5.74) is 5.22. The van der Waals surface area contributed by atoms with Crippen molar-refractivity contribution in [1.29, 1.82) is 0 Å². The van der Waals surface area contributed by atoms with E-state index >= 15 is 0 Å². The molecule has 5 rings (SSSR count). The highest BCUT2D eigenvalue weighted by Gasteiger charge is 2.33. The molecule has 4 aromatic rings. The number of amides is 1. The van der Waals surface area contributed by atoms with Gasteiger partial charge in [0.2, 0.25) is 0 Å². The summed E-state index contributed by atoms with van der Waals surface area (Å²) in [5, 5.41) is 9.45. The molecule has 2 aromatic heterocycles. The normalized spacial score (nSPS) is 15.6. The predicted molar refractivity (Wildman–Crippen MR) is 120 cm³/mol. The molecule has 1 amide bonds. The Balaban J connectivity index is 1.53. The summed E-state index contributed by atoms with van der Waals surface area (Å²) < 4.78 is 18.2. The quantitative estimate of drug-likeness (QED) is 0.360. The lowest BCUT2D eigenvalue weighted by Gasteiger charge is -2.24. The van der Waals surface area contributed by atoms with Crippen LogP contribution < -0.4 is 5.48 Å². The molecule has 2 N–H and O–H groups in total. The predicted octanol–water partition coefficient (Wildman–Crippen LogP) is 3.90. The van der Waals surface area contributed by atoms with Crippen LogP contribution in [-0.4, -0.2) is 31.0 Å². The molecule has 33 heavy (non-hydrogen) atoms. The molecule has 0 bridgehead atoms. The maximum Gasteiger partial charge on any atom is 0.274 e. The minimum atomic E-state index is -0.578. The number of carbonyl (C=O) groups excluding carboxylic acids is 2. The zero-order valence-corrected chi connectivity index (χ0v) is 18.1. The molecule has 1 aliphatic rings. The SMILES string of the molecule is Cc1nccn1CC1CCc2c(c3cc(F)ccc3n2Cc2ccc(C(=O)NO)cc2)C1=O. The van der Waals surface area contributed by atoms with Gasteiger partial charge < -0.3 is 9.13 Å². The summed E-state index contributed by atoms with van der Waals surface area (Å²) in [6.07, 6.45) is 5.02. The minimum absolute atomic E-state index is 0.0358. The molecule has 1 unspecified atom stereocenters. The van der Waals surface area contributed by atoms with Crippen LogP contribution in [0, 0.1) is 18.7 Å². The van der Waals surface area contributed by atoms with Crippen molar-refractivity contribution in [2.45, 2.75) is 32.9 Å². The lowest BCUT2D eigenvalue weighted by Crippen LogP contribution is -2.27. The van der Waals surface area contributed by atoms with Crippen molar-refractivity contribution in [2.75, 3.05) is 0 Å². The van der Waals surface area contributed by atoms with Crippen LogP contribution >= 0.6 is 0 Å². The fourth-order valence-electron chi connectivity index (χ4n) is 4.76. The Morgan fingerprint density at radius 2 is 2.03 bits per heavy atom. The van der Waals surface area contributed by atoms with Crippen molar-refractivity contribution in [3.63, 3.8) is 0 Å². The van der Waals surface area contributed by atoms with Gasteiger partial charge in [-0.3, -0.25) is 14.8 Å². The molecular formula is C25H23FN4O3. The zero-order chi connectivity index (χ0) is 23.1. The topological polar surface area (TPSA) is 89.2 Å². The second-order valence-electron chi connectivity index (χ2n) is 8.43. The number of benzene rings is 2. The van der Waals surface area contributed by atoms with E-state index in [0.29, 0.717) is 42.4 Å². The van der Waals surface area contributed by atoms with E-state index in [0.717, 1.165) is 22.6 Å². The molecule has 8 heteroatoms. The summed E-state index contributed by atoms with van der Waals surface area (Å²) in [6, 6.07) is 11.5. The maximum absolute atomic E-state index is 14.2. The average Bonchev–Trinajstić information content (AvgIpc) is 3.36. The van der Waals surface area contributed by atoms with Crippen LogP contribution in [0.3, 0.4) is 0 Å². The molecule has 1 aliphatic carbocycles. The molecule has 0 radical (unpaired) electrons. The van der Waals surface area contributed by atoms with Crippen molar-refractivity contribution < 1.29 is 19.2 Å². The Hall–Kier alpha value is -3.78. The number of aryl methyl sites for hydroxylation is 1. The number of hydrogen-bond donors (Lipinski definition) is 2. The number of carbonyl (C=O) groups is 2. The Kier molecular flexibility index (Phi) is 5.30. The van der Waals surface area contributed by atoms with Crippen molar-refractivity contribution >= 4 is 22.6 Å². The van der Waals surface area contributed by atoms with Crippen LogP contribution in [0.4, 0.5) is 4.39 Å². The maximum atomic E-state index is 14.2. The summed E-state index contributed by atoms with van der Waals surface area (Å²) in [6.45, 7) is 2.95. The number of hydroxylamine groups is 1. The van der Waals surface area contributed by atoms with Gasteiger partial charge in [-0.2, -0.15) is 0 Å². The molecule has 0 saturated carbocycles. The van der Waals surface area contributed by atoms with Gasteiger partial charge in [-0.1, -0.05) is 12.1 Å². The lowest BCUT2D eigenvalue weighted by molar-refractivity contribution is 0.0706. The van der Waals surface area contributed by atoms with E-state index in [1.807, 2.05) is 29.8 Å². The number of hydrogen-bond acceptors (Lipinski definition) is 4. The molecule has 7 nitrogen and oxygen atoms in total. The van der Waals surface area contributed by atoms with Crippen LogP contribution in [-0.2, 0) is 19.5 Å². The molecule has 2 aromatic carbocycles. The van der Waals surface area contributed by atoms with Gasteiger partial charge in [-0.05, 0) is 55.7 Å². The lowest BCUT2D eigenvalue weighted by atomic mass is 9.85. The summed E-state index contributed by atoms with van der Waals surface area (Å²) in [4.78, 5) is 29.4. The first-order chi connectivity index (χ1) is 16.0. The summed E-state index contributed by atoms with van der Waals surface area (Å²) in [5.74, 6) is -0.245. The molecule has 168 valence electrons. The monoisotopic (exact) mass is 446 g/mol. The molecule has 2 heterocycles. The fourth-order valence-corrected chi connectivity index (χ4v) is 4.76. The Bertz CT molecular complexity index is 1370. The standard InChI is InChI=1S/C25H23FN4O3/c1-15-27-10-11-29(15)14-18-6-8-22-23(24(18)31)20-12-19(26)7-9-21(20)30(22)13-16-2-4-17(5-3-16)25(32)28-33/h2-5,7,9-12,18,33H,6,8,13-14H2,1H3,(H,28,32). The number of ketones is 1. The number of fused-ring (bicyclic) bond motifs is 3. The Morgan fingerprint density at radius 1 is 1.24 bits per heavy atom. The highest BCUT2D eigenvalue weighted by atomic mass is 19.1. The number of Topliss-reactive ketones (excluding diaryl/α,β-unsaturated/α-hetero) is 1. The van der Waals surface area contributed by atoms with E-state index in [4.69, 9.17) is 5.21 Å². The number of nitrogens with one attached hydrogen (secondary N) is 1. The van der Waals surface area contributed by atoms with Crippen molar-refractivity contribution in [2.24, 2.45) is 5.92 Å². The number of rotatable bonds is 5. The first-order valence-corrected chi connectivity index (χ1v) is 10.8. The first-order valence-electron chi connectivity index (χ1n) is 10.8. The fraction of sp³-hybridized carbons (Fsp3) is 0.240. The van der Waals surface area contributed by atoms with E-state index in [-0.39, 0.29) is 17.5 Å². The van der Waals surface area contributed by atoms with E-state index in [2.05, 4.69) is 9.55 Å². The molecule has 0 aliphatic heterocycles. The third-order valence-corrected chi connectivity index (χ3v) is 6.48. The van der Waals surface area contributed by atoms with Gasteiger partial charge >= 0.3 is 0 Å². The minimum Gasteiger partial charge on any atom is -0.339 e. The molecule has 0 spiro atoms. The third-order valence-electron chi connectivity index (χ3n) is 6.48. The van der Waals surface area contributed by atoms with Crippen LogP contribution in [0.1, 0.15) is 44.2 Å². The molecule has 1 atom stereocenters. The van der Waals surface area contributed by atoms with Crippen molar-refractivity contribution in [3.8, 4) is 0 Å². The van der Waals surface area contributed by atoms with E-state index in [9.17, 15) is 14.0 Å². The zero-order valence-electron chi connectivity index (χ0n) is 18.1. The van der Waals surface area contributed by atoms with Crippen LogP contribution in [0.5, 0.6) is 0 Å². The number of aromatic nitrogens is 3. The number of halogens is 1. The van der Waals surface area contributed by atoms with Crippen LogP contribution in [0.25, 0.3) is 10.9 Å². The van der Waals surface area contributed by atoms with E-state index in [1.54, 1.807) is 29.9 Å². The van der Waals surface area contributed by atoms with Gasteiger partial charge in [-0.25, -0.2) is 14.9 Å². The Morgan fingerprint density at radius 3 is 2.73 bits per heavy atom. The van der Waals surface area contributed by atoms with E-state index in [1.165, 1.54) is 12.1 Å². The number of imidazole rings is 1. The smallest absolute Gasteiger partial charge is 0.274 e. The largest absolute Gasteiger partial charge is 0.339 e. The summed E-state index contributed by atoms with van der Waals surface area (Å²) >= 11 is 0. The van der Waals surface area contributed by atoms with E-state index < -0.39 is 5.91 Å². The first kappa shape index (κ1) is 21.1. The molecule has 0 fully saturated rings. The third kappa shape index (κ3) is 3.72. The van der Waals surface area contributed by atoms with Gasteiger partial charge in [0, 0.05) is 59.1 Å². The van der Waals surface area contributed by atoms with Gasteiger partial charge in [-0.15, -0.1) is 0 Å². The van der Waals surface area contributed by atoms with Gasteiger partial charge in [0.25, 0.3) is 5.91 Å². The Labute approximate surface area is 189 Å². The second-order valence-corrected chi connectivity index (χ2v) is 8.43. The van der Waals surface area contributed by atoms with Crippen molar-refractivity contribution in [1.82, 2.24) is 19.6 Å². The highest BCUT2D eigenvalue weighted by molar-refractivity contribution is 6.11. The highest BCUT2D eigenvalue weighted by Crippen LogP contribution is 2.36. The number of nitrogens with zero attached hydrogens (tertiary/aromatic N) is 3.